The summed E-state index contributed by atoms with van der Waals surface area (Å²) in [5, 5.41) is 11.5. The van der Waals surface area contributed by atoms with E-state index in [1.165, 1.54) is 11.3 Å². The molecule has 3 nitrogen and oxygen atoms in total. The topological polar surface area (TPSA) is 37.8 Å². The Morgan fingerprint density at radius 3 is 2.90 bits per heavy atom. The number of anilines is 1. The van der Waals surface area contributed by atoms with E-state index in [0.717, 1.165) is 18.1 Å². The molecule has 5 heteroatoms. The normalized spacial score (nSPS) is 9.80. The Labute approximate surface area is 69.3 Å². The average molecular weight is 175 g/mol. The van der Waals surface area contributed by atoms with Gasteiger partial charge in [-0.25, -0.2) is 0 Å². The molecule has 0 atom stereocenters. The third-order valence-corrected chi connectivity index (χ3v) is 1.99. The van der Waals surface area contributed by atoms with Crippen LogP contribution in [0.25, 0.3) is 0 Å². The molecular formula is C5H9N3S2. The minimum Gasteiger partial charge on any atom is -0.360 e. The van der Waals surface area contributed by atoms with Gasteiger partial charge in [-0.3, -0.25) is 0 Å². The molecule has 0 aliphatic carbocycles. The molecule has 0 aromatic carbocycles. The molecule has 0 spiro atoms. The molecule has 1 aromatic heterocycles. The predicted molar refractivity (Wildman–Crippen MR) is 45.9 cm³/mol. The van der Waals surface area contributed by atoms with Crippen molar-refractivity contribution in [3.63, 3.8) is 0 Å². The third kappa shape index (κ3) is 2.15. The molecule has 56 valence electrons. The Balaban J connectivity index is 2.42. The van der Waals surface area contributed by atoms with Gasteiger partial charge in [0.1, 0.15) is 0 Å². The predicted octanol–water partition coefficient (Wildman–Crippen LogP) is 1.65. The molecule has 1 heterocycles. The fraction of sp³-hybridized carbons (Fsp3) is 0.600. The van der Waals surface area contributed by atoms with Gasteiger partial charge >= 0.3 is 0 Å². The molecule has 0 aliphatic heterocycles. The lowest BCUT2D eigenvalue weighted by Gasteiger charge is -1.94. The molecule has 0 amide bonds. The summed E-state index contributed by atoms with van der Waals surface area (Å²) in [6.07, 6.45) is 1.10. The third-order valence-electron chi connectivity index (χ3n) is 0.941. The Morgan fingerprint density at radius 1 is 1.60 bits per heavy atom. The van der Waals surface area contributed by atoms with Crippen molar-refractivity contribution in [1.82, 2.24) is 10.2 Å². The van der Waals surface area contributed by atoms with Crippen LogP contribution in [-0.2, 0) is 0 Å². The quantitative estimate of drug-likeness (QED) is 0.686. The van der Waals surface area contributed by atoms with Gasteiger partial charge < -0.3 is 5.32 Å². The zero-order chi connectivity index (χ0) is 7.40. The molecule has 0 radical (unpaired) electrons. The lowest BCUT2D eigenvalue weighted by Crippen LogP contribution is -1.98. The number of rotatable bonds is 3. The first-order valence-corrected chi connectivity index (χ1v) is 4.35. The number of hydrogen-bond acceptors (Lipinski definition) is 5. The highest BCUT2D eigenvalue weighted by Crippen LogP contribution is 2.17. The highest BCUT2D eigenvalue weighted by Gasteiger charge is 1.96. The van der Waals surface area contributed by atoms with Crippen LogP contribution in [0.15, 0.2) is 4.34 Å². The van der Waals surface area contributed by atoms with Crippen LogP contribution >= 0.6 is 24.0 Å². The van der Waals surface area contributed by atoms with Crippen molar-refractivity contribution in [3.8, 4) is 0 Å². The summed E-state index contributed by atoms with van der Waals surface area (Å²) in [5.41, 5.74) is 0. The summed E-state index contributed by atoms with van der Waals surface area (Å²) >= 11 is 5.49. The summed E-state index contributed by atoms with van der Waals surface area (Å²) in [7, 11) is 0. The molecule has 0 aliphatic rings. The minimum atomic E-state index is 0.707. The van der Waals surface area contributed by atoms with Crippen LogP contribution in [0.5, 0.6) is 0 Å². The summed E-state index contributed by atoms with van der Waals surface area (Å²) < 4.78 is 0.707. The average Bonchev–Trinajstić information content (AvgIpc) is 2.31. The Hall–Kier alpha value is -0.290. The smallest absolute Gasteiger partial charge is 0.206 e. The van der Waals surface area contributed by atoms with Gasteiger partial charge in [0.2, 0.25) is 5.13 Å². The molecule has 0 unspecified atom stereocenters. The monoisotopic (exact) mass is 175 g/mol. The first-order valence-electron chi connectivity index (χ1n) is 3.09. The van der Waals surface area contributed by atoms with Crippen molar-refractivity contribution >= 4 is 29.1 Å². The number of aromatic nitrogens is 2. The second-order valence-corrected chi connectivity index (χ2v) is 3.52. The van der Waals surface area contributed by atoms with E-state index in [0.29, 0.717) is 4.34 Å². The molecule has 0 saturated heterocycles. The van der Waals surface area contributed by atoms with E-state index in [1.807, 2.05) is 0 Å². The molecule has 1 rings (SSSR count). The lowest BCUT2D eigenvalue weighted by atomic mass is 10.5. The maximum Gasteiger partial charge on any atom is 0.206 e. The van der Waals surface area contributed by atoms with Crippen LogP contribution in [0, 0.1) is 0 Å². The van der Waals surface area contributed by atoms with E-state index in [2.05, 4.69) is 35.1 Å². The lowest BCUT2D eigenvalue weighted by molar-refractivity contribution is 0.952. The number of nitrogens with zero attached hydrogens (tertiary/aromatic N) is 2. The number of nitrogens with one attached hydrogen (secondary N) is 1. The van der Waals surface area contributed by atoms with Crippen LogP contribution in [0.1, 0.15) is 13.3 Å². The summed E-state index contributed by atoms with van der Waals surface area (Å²) in [6, 6.07) is 0. The zero-order valence-corrected chi connectivity index (χ0v) is 7.38. The molecule has 10 heavy (non-hydrogen) atoms. The van der Waals surface area contributed by atoms with Crippen molar-refractivity contribution in [2.24, 2.45) is 0 Å². The van der Waals surface area contributed by atoms with E-state index in [-0.39, 0.29) is 0 Å². The highest BCUT2D eigenvalue weighted by molar-refractivity contribution is 7.82. The maximum atomic E-state index is 4.03. The zero-order valence-electron chi connectivity index (χ0n) is 5.66. The molecule has 0 bridgehead atoms. The van der Waals surface area contributed by atoms with Crippen LogP contribution in [0.2, 0.25) is 0 Å². The van der Waals surface area contributed by atoms with Gasteiger partial charge in [0.15, 0.2) is 4.34 Å². The Morgan fingerprint density at radius 2 is 2.40 bits per heavy atom. The van der Waals surface area contributed by atoms with Crippen molar-refractivity contribution in [2.75, 3.05) is 11.9 Å². The van der Waals surface area contributed by atoms with Crippen LogP contribution in [0.3, 0.4) is 0 Å². The fourth-order valence-corrected chi connectivity index (χ4v) is 1.33. The van der Waals surface area contributed by atoms with Crippen LogP contribution in [-0.4, -0.2) is 16.7 Å². The summed E-state index contributed by atoms with van der Waals surface area (Å²) in [5.74, 6) is 0. The molecule has 0 fully saturated rings. The van der Waals surface area contributed by atoms with E-state index in [9.17, 15) is 0 Å². The molecule has 1 aromatic rings. The van der Waals surface area contributed by atoms with Crippen molar-refractivity contribution in [2.45, 2.75) is 17.7 Å². The van der Waals surface area contributed by atoms with Gasteiger partial charge in [-0.15, -0.1) is 22.8 Å². The first kappa shape index (κ1) is 7.81. The van der Waals surface area contributed by atoms with E-state index in [4.69, 9.17) is 0 Å². The summed E-state index contributed by atoms with van der Waals surface area (Å²) in [6.45, 7) is 3.05. The van der Waals surface area contributed by atoms with Gasteiger partial charge in [-0.05, 0) is 6.42 Å². The van der Waals surface area contributed by atoms with Gasteiger partial charge in [0.05, 0.1) is 0 Å². The second kappa shape index (κ2) is 3.78. The Bertz CT molecular complexity index is 199. The van der Waals surface area contributed by atoms with Crippen molar-refractivity contribution in [1.29, 1.82) is 0 Å². The Kier molecular flexibility index (Phi) is 2.95. The van der Waals surface area contributed by atoms with E-state index in [1.54, 1.807) is 0 Å². The van der Waals surface area contributed by atoms with Crippen LogP contribution < -0.4 is 5.32 Å². The number of hydrogen-bond donors (Lipinski definition) is 2. The second-order valence-electron chi connectivity index (χ2n) is 1.82. The maximum absolute atomic E-state index is 4.03. The largest absolute Gasteiger partial charge is 0.360 e. The SMILES string of the molecule is CCCNc1nnc(S)s1. The minimum absolute atomic E-state index is 0.707. The highest BCUT2D eigenvalue weighted by atomic mass is 32.2. The van der Waals surface area contributed by atoms with Gasteiger partial charge in [0.25, 0.3) is 0 Å². The molecular weight excluding hydrogens is 166 g/mol. The van der Waals surface area contributed by atoms with Crippen molar-refractivity contribution in [3.05, 3.63) is 0 Å². The summed E-state index contributed by atoms with van der Waals surface area (Å²) in [4.78, 5) is 0. The van der Waals surface area contributed by atoms with Gasteiger partial charge in [-0.2, -0.15) is 0 Å². The fourth-order valence-electron chi connectivity index (χ4n) is 0.519. The van der Waals surface area contributed by atoms with E-state index >= 15 is 0 Å². The number of thiol groups is 1. The molecule has 1 N–H and O–H groups in total. The van der Waals surface area contributed by atoms with E-state index < -0.39 is 0 Å². The standard InChI is InChI=1S/C5H9N3S2/c1-2-3-6-4-7-8-5(9)10-4/h2-3H2,1H3,(H,6,7)(H,8,9). The van der Waals surface area contributed by atoms with Crippen LogP contribution in [0.4, 0.5) is 5.13 Å². The first-order chi connectivity index (χ1) is 4.83. The van der Waals surface area contributed by atoms with Gasteiger partial charge in [0, 0.05) is 6.54 Å². The van der Waals surface area contributed by atoms with Crippen molar-refractivity contribution < 1.29 is 0 Å². The molecule has 0 saturated carbocycles. The van der Waals surface area contributed by atoms with Gasteiger partial charge in [-0.1, -0.05) is 18.3 Å².